The van der Waals surface area contributed by atoms with Crippen LogP contribution in [0, 0.1) is 16.7 Å². The van der Waals surface area contributed by atoms with E-state index in [9.17, 15) is 5.11 Å². The zero-order valence-electron chi connectivity index (χ0n) is 17.5. The highest BCUT2D eigenvalue weighted by Gasteiger charge is 2.69. The summed E-state index contributed by atoms with van der Waals surface area (Å²) >= 11 is 0. The Balaban J connectivity index is 1.67. The van der Waals surface area contributed by atoms with Crippen molar-refractivity contribution in [1.82, 2.24) is 4.98 Å². The van der Waals surface area contributed by atoms with E-state index in [1.54, 1.807) is 0 Å². The molecule has 2 aliphatic carbocycles. The number of hydrogen-bond donors (Lipinski definition) is 1. The fourth-order valence-electron chi connectivity index (χ4n) is 6.31. The Kier molecular flexibility index (Phi) is 4.02. The normalized spacial score (nSPS) is 29.9. The van der Waals surface area contributed by atoms with Crippen LogP contribution in [0.1, 0.15) is 45.6 Å². The van der Waals surface area contributed by atoms with Crippen LogP contribution in [-0.2, 0) is 5.60 Å². The Labute approximate surface area is 173 Å². The molecule has 0 saturated heterocycles. The molecule has 29 heavy (non-hydrogen) atoms. The van der Waals surface area contributed by atoms with Gasteiger partial charge < -0.3 is 5.11 Å². The molecular weight excluding hydrogens is 354 g/mol. The molecular formula is C27H29NO. The molecule has 0 aliphatic heterocycles. The summed E-state index contributed by atoms with van der Waals surface area (Å²) in [5, 5.41) is 12.3. The van der Waals surface area contributed by atoms with Gasteiger partial charge in [0.1, 0.15) is 5.60 Å². The van der Waals surface area contributed by atoms with Crippen molar-refractivity contribution in [2.24, 2.45) is 16.7 Å². The standard InChI is InChI=1S/C27H29NO/c1-25(2)20-16-17-26(3,18-20)27(25,29)22-13-8-7-12-21(22)24-15-9-14-23(28-24)19-10-5-4-6-11-19/h4-15,20,29H,16-18H2,1-3H3/t20-,26+,27-/m1/s1. The van der Waals surface area contributed by atoms with Crippen molar-refractivity contribution in [1.29, 1.82) is 0 Å². The van der Waals surface area contributed by atoms with Crippen molar-refractivity contribution in [3.05, 3.63) is 78.4 Å². The first-order valence-electron chi connectivity index (χ1n) is 10.7. The van der Waals surface area contributed by atoms with Crippen LogP contribution in [-0.4, -0.2) is 10.1 Å². The first-order valence-corrected chi connectivity index (χ1v) is 10.7. The zero-order chi connectivity index (χ0) is 20.3. The van der Waals surface area contributed by atoms with E-state index in [0.717, 1.165) is 40.9 Å². The third-order valence-corrected chi connectivity index (χ3v) is 7.98. The Bertz CT molecular complexity index is 1050. The van der Waals surface area contributed by atoms with Gasteiger partial charge in [0.25, 0.3) is 0 Å². The Morgan fingerprint density at radius 3 is 2.24 bits per heavy atom. The molecule has 2 bridgehead atoms. The predicted molar refractivity (Wildman–Crippen MR) is 118 cm³/mol. The number of aromatic nitrogens is 1. The summed E-state index contributed by atoms with van der Waals surface area (Å²) in [6, 6.07) is 24.8. The van der Waals surface area contributed by atoms with Crippen LogP contribution in [0.2, 0.25) is 0 Å². The fraction of sp³-hybridized carbons (Fsp3) is 0.370. The molecule has 5 rings (SSSR count). The van der Waals surface area contributed by atoms with Gasteiger partial charge in [-0.2, -0.15) is 0 Å². The second kappa shape index (κ2) is 6.27. The van der Waals surface area contributed by atoms with E-state index in [1.165, 1.54) is 6.42 Å². The van der Waals surface area contributed by atoms with Gasteiger partial charge in [-0.15, -0.1) is 0 Å². The van der Waals surface area contributed by atoms with Gasteiger partial charge in [0.15, 0.2) is 0 Å². The lowest BCUT2D eigenvalue weighted by Crippen LogP contribution is -2.51. The van der Waals surface area contributed by atoms with Crippen LogP contribution >= 0.6 is 0 Å². The lowest BCUT2D eigenvalue weighted by molar-refractivity contribution is -0.150. The molecule has 0 unspecified atom stereocenters. The summed E-state index contributed by atoms with van der Waals surface area (Å²) in [6.07, 6.45) is 3.40. The molecule has 1 N–H and O–H groups in total. The number of pyridine rings is 1. The van der Waals surface area contributed by atoms with Gasteiger partial charge in [-0.3, -0.25) is 0 Å². The van der Waals surface area contributed by atoms with E-state index in [1.807, 2.05) is 18.2 Å². The van der Waals surface area contributed by atoms with Gasteiger partial charge in [-0.25, -0.2) is 4.98 Å². The second-order valence-corrected chi connectivity index (χ2v) is 9.75. The Morgan fingerprint density at radius 2 is 1.52 bits per heavy atom. The van der Waals surface area contributed by atoms with Gasteiger partial charge in [0.05, 0.1) is 11.4 Å². The number of hydrogen-bond acceptors (Lipinski definition) is 2. The average Bonchev–Trinajstić information content (AvgIpc) is 3.23. The van der Waals surface area contributed by atoms with Crippen molar-refractivity contribution >= 4 is 0 Å². The highest BCUT2D eigenvalue weighted by atomic mass is 16.3. The molecule has 148 valence electrons. The highest BCUT2D eigenvalue weighted by molar-refractivity contribution is 5.70. The second-order valence-electron chi connectivity index (χ2n) is 9.75. The molecule has 2 aromatic carbocycles. The molecule has 1 aromatic heterocycles. The summed E-state index contributed by atoms with van der Waals surface area (Å²) in [5.41, 5.74) is 3.98. The fourth-order valence-corrected chi connectivity index (χ4v) is 6.31. The maximum Gasteiger partial charge on any atom is 0.101 e. The van der Waals surface area contributed by atoms with Gasteiger partial charge in [0, 0.05) is 22.0 Å². The zero-order valence-corrected chi connectivity index (χ0v) is 17.5. The number of rotatable bonds is 3. The van der Waals surface area contributed by atoms with Gasteiger partial charge >= 0.3 is 0 Å². The Morgan fingerprint density at radius 1 is 0.828 bits per heavy atom. The number of fused-ring (bicyclic) bond motifs is 2. The summed E-state index contributed by atoms with van der Waals surface area (Å²) in [5.74, 6) is 0.564. The van der Waals surface area contributed by atoms with Gasteiger partial charge in [-0.05, 0) is 42.9 Å². The monoisotopic (exact) mass is 383 g/mol. The van der Waals surface area contributed by atoms with Crippen LogP contribution in [0.4, 0.5) is 0 Å². The van der Waals surface area contributed by atoms with E-state index in [-0.39, 0.29) is 10.8 Å². The van der Waals surface area contributed by atoms with Crippen molar-refractivity contribution in [3.8, 4) is 22.5 Å². The number of benzene rings is 2. The maximum atomic E-state index is 12.3. The third kappa shape index (κ3) is 2.48. The molecule has 0 radical (unpaired) electrons. The number of aliphatic hydroxyl groups is 1. The SMILES string of the molecule is CC1(C)[C@@H]2CC[C@@](C)(C2)[C@@]1(O)c1ccccc1-c1cccc(-c2ccccc2)n1. The third-order valence-electron chi connectivity index (χ3n) is 7.98. The molecule has 0 spiro atoms. The van der Waals surface area contributed by atoms with Crippen LogP contribution in [0.25, 0.3) is 22.5 Å². The van der Waals surface area contributed by atoms with Crippen molar-refractivity contribution in [2.75, 3.05) is 0 Å². The van der Waals surface area contributed by atoms with Gasteiger partial charge in [0.2, 0.25) is 0 Å². The molecule has 2 aliphatic rings. The van der Waals surface area contributed by atoms with Crippen molar-refractivity contribution in [2.45, 2.75) is 45.6 Å². The molecule has 2 nitrogen and oxygen atoms in total. The van der Waals surface area contributed by atoms with E-state index in [0.29, 0.717) is 5.92 Å². The lowest BCUT2D eigenvalue weighted by Gasteiger charge is -2.51. The van der Waals surface area contributed by atoms with Crippen molar-refractivity contribution in [3.63, 3.8) is 0 Å². The summed E-state index contributed by atoms with van der Waals surface area (Å²) in [4.78, 5) is 5.00. The molecule has 2 heteroatoms. The smallest absolute Gasteiger partial charge is 0.101 e. The predicted octanol–water partition coefficient (Wildman–Crippen LogP) is 6.45. The highest BCUT2D eigenvalue weighted by Crippen LogP contribution is 2.72. The summed E-state index contributed by atoms with van der Waals surface area (Å²) in [7, 11) is 0. The first-order chi connectivity index (χ1) is 13.9. The van der Waals surface area contributed by atoms with E-state index < -0.39 is 5.60 Å². The Hall–Kier alpha value is -2.45. The van der Waals surface area contributed by atoms with Crippen LogP contribution in [0.5, 0.6) is 0 Å². The topological polar surface area (TPSA) is 33.1 Å². The van der Waals surface area contributed by atoms with Gasteiger partial charge in [-0.1, -0.05) is 81.4 Å². The number of nitrogens with zero attached hydrogens (tertiary/aromatic N) is 1. The van der Waals surface area contributed by atoms with Crippen LogP contribution in [0.15, 0.2) is 72.8 Å². The molecule has 2 fully saturated rings. The first kappa shape index (κ1) is 18.6. The maximum absolute atomic E-state index is 12.3. The van der Waals surface area contributed by atoms with Crippen molar-refractivity contribution < 1.29 is 5.11 Å². The minimum absolute atomic E-state index is 0.0890. The average molecular weight is 384 g/mol. The largest absolute Gasteiger partial charge is 0.384 e. The quantitative estimate of drug-likeness (QED) is 0.564. The molecule has 2 saturated carbocycles. The molecule has 1 heterocycles. The lowest BCUT2D eigenvalue weighted by atomic mass is 9.57. The van der Waals surface area contributed by atoms with Crippen LogP contribution in [0.3, 0.4) is 0 Å². The molecule has 3 atom stereocenters. The molecule has 3 aromatic rings. The van der Waals surface area contributed by atoms with Crippen LogP contribution < -0.4 is 0 Å². The van der Waals surface area contributed by atoms with E-state index in [2.05, 4.69) is 75.4 Å². The molecule has 0 amide bonds. The summed E-state index contributed by atoms with van der Waals surface area (Å²) < 4.78 is 0. The summed E-state index contributed by atoms with van der Waals surface area (Å²) in [6.45, 7) is 6.80. The van der Waals surface area contributed by atoms with E-state index in [4.69, 9.17) is 4.98 Å². The minimum Gasteiger partial charge on any atom is -0.384 e. The van der Waals surface area contributed by atoms with E-state index >= 15 is 0 Å². The minimum atomic E-state index is -0.857.